The van der Waals surface area contributed by atoms with Crippen LogP contribution in [-0.4, -0.2) is 20.6 Å². The van der Waals surface area contributed by atoms with Gasteiger partial charge in [0.2, 0.25) is 5.95 Å². The summed E-state index contributed by atoms with van der Waals surface area (Å²) < 4.78 is 0. The van der Waals surface area contributed by atoms with Gasteiger partial charge in [0, 0.05) is 29.3 Å². The number of hydrogen-bond donors (Lipinski definition) is 2. The van der Waals surface area contributed by atoms with E-state index >= 15 is 0 Å². The topological polar surface area (TPSA) is 113 Å². The number of hydrazone groups is 1. The predicted octanol–water partition coefficient (Wildman–Crippen LogP) is 3.18. The lowest BCUT2D eigenvalue weighted by Crippen LogP contribution is -2.11. The number of benzene rings is 2. The number of aromatic amines is 1. The van der Waals surface area contributed by atoms with Crippen LogP contribution in [0.15, 0.2) is 70.6 Å². The van der Waals surface area contributed by atoms with Crippen LogP contribution in [0.5, 0.6) is 0 Å². The second kappa shape index (κ2) is 7.39. The molecule has 1 aromatic heterocycles. The van der Waals surface area contributed by atoms with Crippen LogP contribution in [0, 0.1) is 10.1 Å². The van der Waals surface area contributed by atoms with Crippen molar-refractivity contribution in [2.75, 3.05) is 5.43 Å². The number of hydrogen-bond acceptors (Lipinski definition) is 6. The Hall–Kier alpha value is -3.81. The van der Waals surface area contributed by atoms with Crippen molar-refractivity contribution < 1.29 is 4.92 Å². The van der Waals surface area contributed by atoms with E-state index in [9.17, 15) is 14.9 Å². The van der Waals surface area contributed by atoms with Crippen LogP contribution in [-0.2, 0) is 0 Å². The van der Waals surface area contributed by atoms with Gasteiger partial charge in [0.1, 0.15) is 0 Å². The van der Waals surface area contributed by atoms with Gasteiger partial charge in [-0.05, 0) is 6.92 Å². The van der Waals surface area contributed by atoms with E-state index in [-0.39, 0.29) is 17.2 Å². The monoisotopic (exact) mass is 349 g/mol. The first-order valence-electron chi connectivity index (χ1n) is 7.75. The maximum Gasteiger partial charge on any atom is 0.270 e. The molecule has 26 heavy (non-hydrogen) atoms. The largest absolute Gasteiger partial charge is 0.291 e. The normalized spacial score (nSPS) is 11.2. The molecule has 0 bridgehead atoms. The van der Waals surface area contributed by atoms with Crippen LogP contribution in [0.3, 0.4) is 0 Å². The molecule has 2 aromatic carbocycles. The van der Waals surface area contributed by atoms with Gasteiger partial charge in [-0.25, -0.2) is 10.4 Å². The average Bonchev–Trinajstić information content (AvgIpc) is 2.66. The molecule has 0 spiro atoms. The highest BCUT2D eigenvalue weighted by Gasteiger charge is 2.08. The number of nitrogens with zero attached hydrogens (tertiary/aromatic N) is 3. The molecular formula is C18H15N5O3. The first kappa shape index (κ1) is 17.0. The van der Waals surface area contributed by atoms with Gasteiger partial charge < -0.3 is 0 Å². The van der Waals surface area contributed by atoms with Crippen LogP contribution < -0.4 is 11.0 Å². The van der Waals surface area contributed by atoms with Crippen molar-refractivity contribution in [3.63, 3.8) is 0 Å². The van der Waals surface area contributed by atoms with Gasteiger partial charge >= 0.3 is 0 Å². The molecule has 8 nitrogen and oxygen atoms in total. The van der Waals surface area contributed by atoms with Crippen LogP contribution in [0.1, 0.15) is 12.5 Å². The molecule has 0 amide bonds. The highest BCUT2D eigenvalue weighted by Crippen LogP contribution is 2.16. The molecule has 2 N–H and O–H groups in total. The van der Waals surface area contributed by atoms with E-state index < -0.39 is 4.92 Å². The van der Waals surface area contributed by atoms with Crippen LogP contribution in [0.4, 0.5) is 11.6 Å². The van der Waals surface area contributed by atoms with Crippen LogP contribution in [0.25, 0.3) is 11.3 Å². The Bertz CT molecular complexity index is 1030. The molecule has 1 heterocycles. The lowest BCUT2D eigenvalue weighted by Gasteiger charge is -2.05. The number of nitro groups is 1. The Morgan fingerprint density at radius 2 is 1.92 bits per heavy atom. The number of H-pyrrole nitrogens is 1. The summed E-state index contributed by atoms with van der Waals surface area (Å²) in [5.41, 5.74) is 4.79. The third-order valence-electron chi connectivity index (χ3n) is 3.62. The van der Waals surface area contributed by atoms with Gasteiger partial charge in [-0.15, -0.1) is 0 Å². The third-order valence-corrected chi connectivity index (χ3v) is 3.62. The predicted molar refractivity (Wildman–Crippen MR) is 99.2 cm³/mol. The van der Waals surface area contributed by atoms with Gasteiger partial charge in [-0.3, -0.25) is 19.9 Å². The van der Waals surface area contributed by atoms with Crippen molar-refractivity contribution in [2.45, 2.75) is 6.92 Å². The quantitative estimate of drug-likeness (QED) is 0.417. The Labute approximate surface area is 148 Å². The molecular weight excluding hydrogens is 334 g/mol. The summed E-state index contributed by atoms with van der Waals surface area (Å²) in [6.07, 6.45) is 0. The smallest absolute Gasteiger partial charge is 0.270 e. The maximum atomic E-state index is 11.9. The van der Waals surface area contributed by atoms with E-state index in [0.29, 0.717) is 17.0 Å². The number of aromatic nitrogens is 2. The van der Waals surface area contributed by atoms with E-state index in [1.807, 2.05) is 30.3 Å². The Balaban J connectivity index is 1.86. The van der Waals surface area contributed by atoms with Crippen LogP contribution in [0.2, 0.25) is 0 Å². The maximum absolute atomic E-state index is 11.9. The minimum absolute atomic E-state index is 0.0188. The van der Waals surface area contributed by atoms with Crippen LogP contribution >= 0.6 is 0 Å². The molecule has 0 aliphatic heterocycles. The first-order chi connectivity index (χ1) is 12.5. The molecule has 130 valence electrons. The number of rotatable bonds is 5. The lowest BCUT2D eigenvalue weighted by atomic mass is 10.1. The summed E-state index contributed by atoms with van der Waals surface area (Å²) in [6.45, 7) is 1.70. The molecule has 8 heteroatoms. The molecule has 3 rings (SSSR count). The zero-order valence-electron chi connectivity index (χ0n) is 13.8. The van der Waals surface area contributed by atoms with Crippen molar-refractivity contribution in [2.24, 2.45) is 5.10 Å². The molecule has 0 saturated carbocycles. The Morgan fingerprint density at radius 3 is 2.65 bits per heavy atom. The summed E-state index contributed by atoms with van der Waals surface area (Å²) >= 11 is 0. The van der Waals surface area contributed by atoms with E-state index in [1.165, 1.54) is 18.2 Å². The minimum atomic E-state index is -0.466. The Kier molecular flexibility index (Phi) is 4.84. The second-order valence-corrected chi connectivity index (χ2v) is 5.46. The molecule has 3 aromatic rings. The standard InChI is InChI=1S/C18H15N5O3/c1-12(14-8-5-9-15(10-14)23(25)26)21-22-18-19-16(11-17(24)20-18)13-6-3-2-4-7-13/h2-11H,1H3,(H2,19,20,22,24). The van der Waals surface area contributed by atoms with Gasteiger partial charge in [-0.2, -0.15) is 5.10 Å². The van der Waals surface area contributed by atoms with Crippen molar-refractivity contribution in [1.29, 1.82) is 0 Å². The summed E-state index contributed by atoms with van der Waals surface area (Å²) in [7, 11) is 0. The van der Waals surface area contributed by atoms with E-state index in [4.69, 9.17) is 0 Å². The van der Waals surface area contributed by atoms with Gasteiger partial charge in [0.05, 0.1) is 16.3 Å². The average molecular weight is 349 g/mol. The Morgan fingerprint density at radius 1 is 1.15 bits per heavy atom. The summed E-state index contributed by atoms with van der Waals surface area (Å²) in [5, 5.41) is 15.0. The molecule has 0 radical (unpaired) electrons. The number of anilines is 1. The number of nitro benzene ring substituents is 1. The zero-order chi connectivity index (χ0) is 18.5. The summed E-state index contributed by atoms with van der Waals surface area (Å²) in [4.78, 5) is 29.2. The van der Waals surface area contributed by atoms with Crippen molar-refractivity contribution >= 4 is 17.3 Å². The summed E-state index contributed by atoms with van der Waals surface area (Å²) in [5.74, 6) is 0.182. The molecule has 0 unspecified atom stereocenters. The summed E-state index contributed by atoms with van der Waals surface area (Å²) in [6, 6.07) is 16.8. The fraction of sp³-hybridized carbons (Fsp3) is 0.0556. The van der Waals surface area contributed by atoms with Crippen molar-refractivity contribution in [3.05, 3.63) is 86.7 Å². The van der Waals surface area contributed by atoms with Crippen molar-refractivity contribution in [1.82, 2.24) is 9.97 Å². The zero-order valence-corrected chi connectivity index (χ0v) is 13.8. The van der Waals surface area contributed by atoms with Gasteiger partial charge in [-0.1, -0.05) is 42.5 Å². The first-order valence-corrected chi connectivity index (χ1v) is 7.75. The minimum Gasteiger partial charge on any atom is -0.291 e. The number of non-ortho nitro benzene ring substituents is 1. The van der Waals surface area contributed by atoms with Gasteiger partial charge in [0.15, 0.2) is 0 Å². The molecule has 0 saturated heterocycles. The van der Waals surface area contributed by atoms with E-state index in [2.05, 4.69) is 20.5 Å². The van der Waals surface area contributed by atoms with Gasteiger partial charge in [0.25, 0.3) is 11.2 Å². The second-order valence-electron chi connectivity index (χ2n) is 5.46. The highest BCUT2D eigenvalue weighted by atomic mass is 16.6. The number of nitrogens with one attached hydrogen (secondary N) is 2. The lowest BCUT2D eigenvalue weighted by molar-refractivity contribution is -0.384. The molecule has 0 aliphatic carbocycles. The van der Waals surface area contributed by atoms with E-state index in [1.54, 1.807) is 19.1 Å². The highest BCUT2D eigenvalue weighted by molar-refractivity contribution is 5.99. The molecule has 0 aliphatic rings. The van der Waals surface area contributed by atoms with E-state index in [0.717, 1.165) is 5.56 Å². The van der Waals surface area contributed by atoms with Crippen molar-refractivity contribution in [3.8, 4) is 11.3 Å². The third kappa shape index (κ3) is 3.99. The molecule has 0 fully saturated rings. The SMILES string of the molecule is CC(=NNc1nc(-c2ccccc2)cc(=O)[nH]1)c1cccc([N+](=O)[O-])c1. The molecule has 0 atom stereocenters. The fourth-order valence-electron chi connectivity index (χ4n) is 2.31. The fourth-order valence-corrected chi connectivity index (χ4v) is 2.31.